The summed E-state index contributed by atoms with van der Waals surface area (Å²) in [5, 5.41) is 15.5. The Balaban J connectivity index is 2.27. The lowest BCUT2D eigenvalue weighted by molar-refractivity contribution is 0.202. The molecule has 2 aromatic rings. The lowest BCUT2D eigenvalue weighted by Gasteiger charge is -2.18. The van der Waals surface area contributed by atoms with Gasteiger partial charge in [0.25, 0.3) is 10.0 Å². The van der Waals surface area contributed by atoms with Crippen molar-refractivity contribution < 1.29 is 13.5 Å². The quantitative estimate of drug-likeness (QED) is 0.378. The molecule has 2 rings (SSSR count). The third-order valence-electron chi connectivity index (χ3n) is 3.05. The third-order valence-corrected chi connectivity index (χ3v) is 5.00. The molecule has 0 amide bonds. The van der Waals surface area contributed by atoms with Gasteiger partial charge in [-0.05, 0) is 24.3 Å². The fourth-order valence-electron chi connectivity index (χ4n) is 1.86. The van der Waals surface area contributed by atoms with Crippen molar-refractivity contribution >= 4 is 62.2 Å². The molecule has 26 heavy (non-hydrogen) atoms. The van der Waals surface area contributed by atoms with Crippen LogP contribution in [0, 0.1) is 0 Å². The molecule has 0 spiro atoms. The molecule has 0 aromatic heterocycles. The van der Waals surface area contributed by atoms with Crippen LogP contribution in [0.2, 0.25) is 0 Å². The van der Waals surface area contributed by atoms with Gasteiger partial charge >= 0.3 is 0 Å². The van der Waals surface area contributed by atoms with E-state index in [9.17, 15) is 13.5 Å². The van der Waals surface area contributed by atoms with E-state index in [1.54, 1.807) is 48.5 Å². The Hall–Kier alpha value is -1.51. The predicted molar refractivity (Wildman–Crippen MR) is 108 cm³/mol. The summed E-state index contributed by atoms with van der Waals surface area (Å²) < 4.78 is 26.1. The van der Waals surface area contributed by atoms with Crippen molar-refractivity contribution in [2.75, 3.05) is 16.4 Å². The molecule has 0 heterocycles. The number of rotatable bonds is 5. The number of para-hydroxylation sites is 2. The highest BCUT2D eigenvalue weighted by Crippen LogP contribution is 2.31. The van der Waals surface area contributed by atoms with Crippen LogP contribution in [0.15, 0.2) is 65.1 Å². The van der Waals surface area contributed by atoms with Crippen LogP contribution in [0.25, 0.3) is 0 Å². The number of hydrogen-bond donors (Lipinski definition) is 3. The average Bonchev–Trinajstić information content (AvgIpc) is 2.55. The molecule has 0 radical (unpaired) electrons. The molecule has 0 saturated heterocycles. The summed E-state index contributed by atoms with van der Waals surface area (Å²) in [5.74, 6) is -0.904. The average molecular weight is 437 g/mol. The first-order valence-electron chi connectivity index (χ1n) is 7.37. The van der Waals surface area contributed by atoms with Crippen LogP contribution in [0.1, 0.15) is 0 Å². The van der Waals surface area contributed by atoms with E-state index in [2.05, 4.69) is 15.0 Å². The summed E-state index contributed by atoms with van der Waals surface area (Å²) in [4.78, 5) is 0. The summed E-state index contributed by atoms with van der Waals surface area (Å²) in [6.07, 6.45) is -1.73. The highest BCUT2D eigenvalue weighted by atomic mass is 35.6. The largest absolute Gasteiger partial charge is 0.388 e. The molecule has 0 aliphatic rings. The van der Waals surface area contributed by atoms with Crippen molar-refractivity contribution in [3.63, 3.8) is 0 Å². The molecule has 0 aliphatic carbocycles. The zero-order valence-electron chi connectivity index (χ0n) is 13.3. The number of anilines is 2. The third kappa shape index (κ3) is 7.01. The number of alkyl halides is 3. The van der Waals surface area contributed by atoms with Crippen molar-refractivity contribution in [2.24, 2.45) is 4.40 Å². The van der Waals surface area contributed by atoms with Crippen LogP contribution in [-0.2, 0) is 10.0 Å². The maximum Gasteiger partial charge on any atom is 0.259 e. The number of nitrogens with zero attached hydrogens (tertiary/aromatic N) is 1. The summed E-state index contributed by atoms with van der Waals surface area (Å²) in [6.45, 7) is 0. The first kappa shape index (κ1) is 20.8. The normalized spacial score (nSPS) is 12.9. The fourth-order valence-corrected chi connectivity index (χ4v) is 3.46. The lowest BCUT2D eigenvalue weighted by Crippen LogP contribution is -2.33. The molecular formula is C16H16Cl3N3O3S. The van der Waals surface area contributed by atoms with E-state index in [-0.39, 0.29) is 5.96 Å². The first-order valence-corrected chi connectivity index (χ1v) is 10.1. The summed E-state index contributed by atoms with van der Waals surface area (Å²) >= 11 is 16.6. The number of guanidine groups is 1. The zero-order valence-corrected chi connectivity index (χ0v) is 16.4. The van der Waals surface area contributed by atoms with E-state index in [0.717, 1.165) is 0 Å². The molecule has 140 valence electrons. The SMILES string of the molecule is O=S(=O)(CC(O)C(Cl)(Cl)Cl)N=C(Nc1ccccc1)Nc1ccccc1. The molecular weight excluding hydrogens is 421 g/mol. The molecule has 0 saturated carbocycles. The van der Waals surface area contributed by atoms with Gasteiger partial charge in [0, 0.05) is 11.4 Å². The number of hydrogen-bond acceptors (Lipinski definition) is 3. The van der Waals surface area contributed by atoms with Crippen LogP contribution in [0.5, 0.6) is 0 Å². The minimum absolute atomic E-state index is 0.0566. The Morgan fingerprint density at radius 3 is 1.77 bits per heavy atom. The van der Waals surface area contributed by atoms with Crippen molar-refractivity contribution in [2.45, 2.75) is 9.90 Å². The molecule has 2 aromatic carbocycles. The van der Waals surface area contributed by atoms with Crippen molar-refractivity contribution in [3.8, 4) is 0 Å². The van der Waals surface area contributed by atoms with E-state index in [4.69, 9.17) is 34.8 Å². The van der Waals surface area contributed by atoms with E-state index < -0.39 is 25.7 Å². The van der Waals surface area contributed by atoms with Gasteiger partial charge in [0.15, 0.2) is 0 Å². The van der Waals surface area contributed by atoms with E-state index in [1.165, 1.54) is 0 Å². The Morgan fingerprint density at radius 1 is 0.962 bits per heavy atom. The smallest absolute Gasteiger partial charge is 0.259 e. The standard InChI is InChI=1S/C16H16Cl3N3O3S/c17-16(18,19)14(23)11-26(24,25)22-15(20-12-7-3-1-4-8-12)21-13-9-5-2-6-10-13/h1-10,14,23H,11H2,(H2,20,21,22). The molecule has 3 N–H and O–H groups in total. The Morgan fingerprint density at radius 2 is 1.38 bits per heavy atom. The Bertz CT molecular complexity index is 798. The van der Waals surface area contributed by atoms with E-state index in [0.29, 0.717) is 11.4 Å². The maximum absolute atomic E-state index is 12.3. The highest BCUT2D eigenvalue weighted by molar-refractivity contribution is 7.90. The van der Waals surface area contributed by atoms with Crippen LogP contribution in [0.3, 0.4) is 0 Å². The first-order chi connectivity index (χ1) is 12.2. The lowest BCUT2D eigenvalue weighted by atomic mass is 10.3. The number of sulfonamides is 1. The van der Waals surface area contributed by atoms with Gasteiger partial charge in [0.05, 0.1) is 0 Å². The molecule has 0 fully saturated rings. The van der Waals surface area contributed by atoms with Gasteiger partial charge in [0.2, 0.25) is 9.75 Å². The highest BCUT2D eigenvalue weighted by Gasteiger charge is 2.34. The van der Waals surface area contributed by atoms with Gasteiger partial charge in [-0.1, -0.05) is 71.2 Å². The second-order valence-electron chi connectivity index (χ2n) is 5.23. The van der Waals surface area contributed by atoms with Crippen LogP contribution >= 0.6 is 34.8 Å². The summed E-state index contributed by atoms with van der Waals surface area (Å²) in [5.41, 5.74) is 1.23. The van der Waals surface area contributed by atoms with E-state index >= 15 is 0 Å². The minimum Gasteiger partial charge on any atom is -0.388 e. The maximum atomic E-state index is 12.3. The second-order valence-corrected chi connectivity index (χ2v) is 9.28. The van der Waals surface area contributed by atoms with Crippen LogP contribution in [-0.4, -0.2) is 35.1 Å². The predicted octanol–water partition coefficient (Wildman–Crippen LogP) is 3.63. The molecule has 0 bridgehead atoms. The monoisotopic (exact) mass is 435 g/mol. The molecule has 1 unspecified atom stereocenters. The zero-order chi connectivity index (χ0) is 19.2. The number of aliphatic hydroxyl groups is 1. The molecule has 1 atom stereocenters. The Kier molecular flexibility index (Phi) is 7.14. The van der Waals surface area contributed by atoms with Gasteiger partial charge in [0.1, 0.15) is 11.9 Å². The van der Waals surface area contributed by atoms with Gasteiger partial charge in [-0.15, -0.1) is 4.40 Å². The Labute approximate surface area is 166 Å². The van der Waals surface area contributed by atoms with Crippen molar-refractivity contribution in [1.29, 1.82) is 0 Å². The fraction of sp³-hybridized carbons (Fsp3) is 0.188. The topological polar surface area (TPSA) is 90.8 Å². The molecule has 6 nitrogen and oxygen atoms in total. The van der Waals surface area contributed by atoms with Gasteiger partial charge in [-0.25, -0.2) is 8.42 Å². The van der Waals surface area contributed by atoms with Crippen LogP contribution < -0.4 is 10.6 Å². The number of halogens is 3. The molecule has 10 heteroatoms. The molecule has 0 aliphatic heterocycles. The number of nitrogens with one attached hydrogen (secondary N) is 2. The van der Waals surface area contributed by atoms with Crippen LogP contribution in [0.4, 0.5) is 11.4 Å². The van der Waals surface area contributed by atoms with Gasteiger partial charge in [-0.2, -0.15) is 0 Å². The van der Waals surface area contributed by atoms with Crippen molar-refractivity contribution in [3.05, 3.63) is 60.7 Å². The van der Waals surface area contributed by atoms with Crippen molar-refractivity contribution in [1.82, 2.24) is 0 Å². The summed E-state index contributed by atoms with van der Waals surface area (Å²) in [7, 11) is -4.14. The number of benzene rings is 2. The summed E-state index contributed by atoms with van der Waals surface area (Å²) in [6, 6.07) is 17.7. The minimum atomic E-state index is -4.14. The van der Waals surface area contributed by atoms with Gasteiger partial charge in [-0.3, -0.25) is 0 Å². The second kappa shape index (κ2) is 8.92. The van der Waals surface area contributed by atoms with Gasteiger partial charge < -0.3 is 15.7 Å². The van der Waals surface area contributed by atoms with E-state index in [1.807, 2.05) is 12.1 Å². The number of aliphatic hydroxyl groups excluding tert-OH is 1.